The number of benzene rings is 1. The summed E-state index contributed by atoms with van der Waals surface area (Å²) < 4.78 is 0. The maximum absolute atomic E-state index is 12.9. The van der Waals surface area contributed by atoms with Gasteiger partial charge in [-0.3, -0.25) is 4.79 Å². The van der Waals surface area contributed by atoms with Gasteiger partial charge in [-0.25, -0.2) is 4.79 Å². The second kappa shape index (κ2) is 9.24. The predicted octanol–water partition coefficient (Wildman–Crippen LogP) is 2.48. The van der Waals surface area contributed by atoms with E-state index in [9.17, 15) is 9.59 Å². The summed E-state index contributed by atoms with van der Waals surface area (Å²) >= 11 is 0. The number of carbonyl (C=O) groups is 2. The molecule has 2 N–H and O–H groups in total. The van der Waals surface area contributed by atoms with Crippen LogP contribution in [0, 0.1) is 12.8 Å². The monoisotopic (exact) mass is 380 g/mol. The van der Waals surface area contributed by atoms with Crippen molar-refractivity contribution in [2.75, 3.05) is 38.0 Å². The molecule has 6 nitrogen and oxygen atoms in total. The fourth-order valence-corrected chi connectivity index (χ4v) is 3.69. The lowest BCUT2D eigenvalue weighted by Crippen LogP contribution is -2.56. The Balaban J connectivity index is 0.00000243. The fourth-order valence-electron chi connectivity index (χ4n) is 3.69. The van der Waals surface area contributed by atoms with Gasteiger partial charge < -0.3 is 20.4 Å². The van der Waals surface area contributed by atoms with Crippen LogP contribution in [-0.4, -0.2) is 60.5 Å². The first kappa shape index (κ1) is 20.5. The largest absolute Gasteiger partial charge is 0.337 e. The Morgan fingerprint density at radius 3 is 2.81 bits per heavy atom. The number of hydrogen-bond acceptors (Lipinski definition) is 3. The van der Waals surface area contributed by atoms with Crippen LogP contribution in [0.2, 0.25) is 0 Å². The van der Waals surface area contributed by atoms with Crippen molar-refractivity contribution in [3.05, 3.63) is 29.8 Å². The highest BCUT2D eigenvalue weighted by atomic mass is 35.5. The smallest absolute Gasteiger partial charge is 0.321 e. The van der Waals surface area contributed by atoms with E-state index >= 15 is 0 Å². The number of nitrogens with zero attached hydrogens (tertiary/aromatic N) is 2. The van der Waals surface area contributed by atoms with Crippen LogP contribution in [0.4, 0.5) is 10.5 Å². The lowest BCUT2D eigenvalue weighted by atomic mass is 9.95. The number of amides is 3. The molecule has 2 heterocycles. The Morgan fingerprint density at radius 1 is 1.27 bits per heavy atom. The van der Waals surface area contributed by atoms with E-state index in [1.54, 1.807) is 4.90 Å². The van der Waals surface area contributed by atoms with Crippen LogP contribution in [-0.2, 0) is 4.79 Å². The van der Waals surface area contributed by atoms with Gasteiger partial charge in [0.05, 0.1) is 5.92 Å². The molecule has 0 saturated carbocycles. The summed E-state index contributed by atoms with van der Waals surface area (Å²) in [5, 5.41) is 6.27. The van der Waals surface area contributed by atoms with Gasteiger partial charge in [-0.05, 0) is 44.4 Å². The Kier molecular flexibility index (Phi) is 7.29. The summed E-state index contributed by atoms with van der Waals surface area (Å²) in [6.07, 6.45) is 1.74. The number of hydrogen-bond donors (Lipinski definition) is 2. The van der Waals surface area contributed by atoms with Crippen molar-refractivity contribution >= 4 is 30.0 Å². The number of aryl methyl sites for hydroxylation is 1. The van der Waals surface area contributed by atoms with Crippen LogP contribution in [0.5, 0.6) is 0 Å². The second-order valence-corrected chi connectivity index (χ2v) is 7.17. The third-order valence-corrected chi connectivity index (χ3v) is 5.11. The van der Waals surface area contributed by atoms with Crippen molar-refractivity contribution in [1.29, 1.82) is 0 Å². The Hall–Kier alpha value is -1.79. The van der Waals surface area contributed by atoms with Crippen molar-refractivity contribution < 1.29 is 9.59 Å². The highest BCUT2D eigenvalue weighted by Crippen LogP contribution is 2.21. The lowest BCUT2D eigenvalue weighted by Gasteiger charge is -2.39. The highest BCUT2D eigenvalue weighted by molar-refractivity contribution is 5.90. The highest BCUT2D eigenvalue weighted by Gasteiger charge is 2.33. The molecule has 2 aliphatic rings. The summed E-state index contributed by atoms with van der Waals surface area (Å²) in [5.41, 5.74) is 1.91. The van der Waals surface area contributed by atoms with Crippen LogP contribution >= 0.6 is 12.4 Å². The van der Waals surface area contributed by atoms with Crippen molar-refractivity contribution in [2.24, 2.45) is 5.92 Å². The predicted molar refractivity (Wildman–Crippen MR) is 106 cm³/mol. The zero-order valence-corrected chi connectivity index (χ0v) is 16.3. The minimum Gasteiger partial charge on any atom is -0.337 e. The number of halogens is 1. The maximum Gasteiger partial charge on any atom is 0.321 e. The van der Waals surface area contributed by atoms with Crippen LogP contribution < -0.4 is 10.6 Å². The zero-order chi connectivity index (χ0) is 17.8. The molecule has 3 rings (SSSR count). The van der Waals surface area contributed by atoms with E-state index in [-0.39, 0.29) is 36.3 Å². The Bertz CT molecular complexity index is 640. The van der Waals surface area contributed by atoms with Crippen LogP contribution in [0.3, 0.4) is 0 Å². The maximum atomic E-state index is 12.9. The number of rotatable bonds is 2. The number of piperidine rings is 1. The summed E-state index contributed by atoms with van der Waals surface area (Å²) in [6.45, 7) is 7.74. The van der Waals surface area contributed by atoms with Crippen molar-refractivity contribution in [3.8, 4) is 0 Å². The quantitative estimate of drug-likeness (QED) is 0.828. The zero-order valence-electron chi connectivity index (χ0n) is 15.5. The molecule has 0 bridgehead atoms. The molecule has 7 heteroatoms. The minimum absolute atomic E-state index is 0. The molecule has 2 fully saturated rings. The normalized spacial score (nSPS) is 23.2. The van der Waals surface area contributed by atoms with Gasteiger partial charge in [0, 0.05) is 44.5 Å². The number of nitrogens with one attached hydrogen (secondary N) is 2. The summed E-state index contributed by atoms with van der Waals surface area (Å²) in [7, 11) is 0. The lowest BCUT2D eigenvalue weighted by molar-refractivity contribution is -0.139. The van der Waals surface area contributed by atoms with E-state index in [1.807, 2.05) is 36.1 Å². The minimum atomic E-state index is -0.114. The third-order valence-electron chi connectivity index (χ3n) is 5.11. The van der Waals surface area contributed by atoms with Gasteiger partial charge in [-0.15, -0.1) is 12.4 Å². The fraction of sp³-hybridized carbons (Fsp3) is 0.579. The molecule has 2 atom stereocenters. The van der Waals surface area contributed by atoms with E-state index in [1.165, 1.54) is 0 Å². The molecular formula is C19H29ClN4O2. The molecule has 1 aromatic rings. The molecular weight excluding hydrogens is 352 g/mol. The summed E-state index contributed by atoms with van der Waals surface area (Å²) in [6, 6.07) is 7.88. The SMILES string of the molecule is Cc1cccc(NC(=O)N2CCCC(C(=O)N3CCNC[C@@H]3C)C2)c1.Cl. The van der Waals surface area contributed by atoms with Gasteiger partial charge in [0.2, 0.25) is 5.91 Å². The van der Waals surface area contributed by atoms with Crippen LogP contribution in [0.25, 0.3) is 0 Å². The molecule has 0 aliphatic carbocycles. The number of anilines is 1. The molecule has 2 saturated heterocycles. The third kappa shape index (κ3) is 4.89. The van der Waals surface area contributed by atoms with Gasteiger partial charge in [-0.1, -0.05) is 12.1 Å². The van der Waals surface area contributed by atoms with Gasteiger partial charge >= 0.3 is 6.03 Å². The average Bonchev–Trinajstić information content (AvgIpc) is 2.62. The van der Waals surface area contributed by atoms with E-state index in [2.05, 4.69) is 17.6 Å². The molecule has 0 radical (unpaired) electrons. The van der Waals surface area contributed by atoms with Crippen molar-refractivity contribution in [1.82, 2.24) is 15.1 Å². The first-order valence-electron chi connectivity index (χ1n) is 9.18. The first-order chi connectivity index (χ1) is 12.0. The molecule has 0 spiro atoms. The second-order valence-electron chi connectivity index (χ2n) is 7.17. The molecule has 0 aromatic heterocycles. The Labute approximate surface area is 161 Å². The average molecular weight is 381 g/mol. The standard InChI is InChI=1S/C19H28N4O2.ClH/c1-14-5-3-7-17(11-14)21-19(25)22-9-4-6-16(13-22)18(24)23-10-8-20-12-15(23)2;/h3,5,7,11,15-16,20H,4,6,8-10,12-13H2,1-2H3,(H,21,25);1H/t15-,16?;/m0./s1. The summed E-state index contributed by atoms with van der Waals surface area (Å²) in [5.74, 6) is 0.111. The summed E-state index contributed by atoms with van der Waals surface area (Å²) in [4.78, 5) is 29.2. The Morgan fingerprint density at radius 2 is 2.08 bits per heavy atom. The van der Waals surface area contributed by atoms with E-state index in [0.29, 0.717) is 13.1 Å². The molecule has 1 aromatic carbocycles. The van der Waals surface area contributed by atoms with E-state index in [4.69, 9.17) is 0 Å². The molecule has 2 aliphatic heterocycles. The van der Waals surface area contributed by atoms with E-state index < -0.39 is 0 Å². The van der Waals surface area contributed by atoms with Crippen LogP contribution in [0.15, 0.2) is 24.3 Å². The van der Waals surface area contributed by atoms with Gasteiger partial charge in [0.1, 0.15) is 0 Å². The van der Waals surface area contributed by atoms with Gasteiger partial charge in [0.15, 0.2) is 0 Å². The van der Waals surface area contributed by atoms with Crippen LogP contribution in [0.1, 0.15) is 25.3 Å². The van der Waals surface area contributed by atoms with Crippen molar-refractivity contribution in [3.63, 3.8) is 0 Å². The topological polar surface area (TPSA) is 64.7 Å². The number of carbonyl (C=O) groups excluding carboxylic acids is 2. The van der Waals surface area contributed by atoms with Gasteiger partial charge in [-0.2, -0.15) is 0 Å². The molecule has 3 amide bonds. The molecule has 144 valence electrons. The molecule has 1 unspecified atom stereocenters. The van der Waals surface area contributed by atoms with Gasteiger partial charge in [0.25, 0.3) is 0 Å². The first-order valence-corrected chi connectivity index (χ1v) is 9.18. The number of urea groups is 1. The van der Waals surface area contributed by atoms with E-state index in [0.717, 1.165) is 43.7 Å². The van der Waals surface area contributed by atoms with Crippen molar-refractivity contribution in [2.45, 2.75) is 32.7 Å². The number of likely N-dealkylation sites (tertiary alicyclic amines) is 1. The molecule has 26 heavy (non-hydrogen) atoms. The number of piperazine rings is 1.